The Bertz CT molecular complexity index is 567. The standard InChI is InChI=1S/C14H26N4O2S/c1-12(2)16(4)21(19,20)18-8-5-6-14(11-18)10-17-9-7-15-13(17)3/h7,9,12,14H,5-6,8,10-11H2,1-4H3/t14-/m1/s1. The molecule has 0 aliphatic carbocycles. The van der Waals surface area contributed by atoms with Crippen molar-refractivity contribution in [1.82, 2.24) is 18.2 Å². The van der Waals surface area contributed by atoms with Crippen LogP contribution in [0.4, 0.5) is 0 Å². The fourth-order valence-electron chi connectivity index (χ4n) is 2.71. The smallest absolute Gasteiger partial charge is 0.281 e. The van der Waals surface area contributed by atoms with E-state index in [1.807, 2.05) is 27.0 Å². The van der Waals surface area contributed by atoms with Gasteiger partial charge in [-0.2, -0.15) is 17.0 Å². The van der Waals surface area contributed by atoms with Crippen LogP contribution in [0.2, 0.25) is 0 Å². The average molecular weight is 314 g/mol. The molecule has 0 spiro atoms. The Morgan fingerprint density at radius 2 is 2.19 bits per heavy atom. The van der Waals surface area contributed by atoms with Gasteiger partial charge in [-0.15, -0.1) is 0 Å². The summed E-state index contributed by atoms with van der Waals surface area (Å²) in [5, 5.41) is 0. The maximum atomic E-state index is 12.6. The summed E-state index contributed by atoms with van der Waals surface area (Å²) < 4.78 is 30.3. The minimum Gasteiger partial charge on any atom is -0.335 e. The summed E-state index contributed by atoms with van der Waals surface area (Å²) in [6, 6.07) is -0.0220. The number of imidazole rings is 1. The van der Waals surface area contributed by atoms with Crippen molar-refractivity contribution < 1.29 is 8.42 Å². The summed E-state index contributed by atoms with van der Waals surface area (Å²) in [6.07, 6.45) is 5.74. The van der Waals surface area contributed by atoms with Crippen molar-refractivity contribution in [2.24, 2.45) is 5.92 Å². The minimum atomic E-state index is -3.34. The number of piperidine rings is 1. The van der Waals surface area contributed by atoms with E-state index in [1.165, 1.54) is 4.31 Å². The highest BCUT2D eigenvalue weighted by molar-refractivity contribution is 7.86. The predicted molar refractivity (Wildman–Crippen MR) is 83.1 cm³/mol. The molecule has 0 saturated carbocycles. The fraction of sp³-hybridized carbons (Fsp3) is 0.786. The molecule has 7 heteroatoms. The summed E-state index contributed by atoms with van der Waals surface area (Å²) in [7, 11) is -1.69. The van der Waals surface area contributed by atoms with Gasteiger partial charge in [-0.05, 0) is 39.5 Å². The van der Waals surface area contributed by atoms with E-state index >= 15 is 0 Å². The van der Waals surface area contributed by atoms with Crippen LogP contribution in [-0.2, 0) is 16.8 Å². The molecule has 0 amide bonds. The van der Waals surface area contributed by atoms with Gasteiger partial charge in [0, 0.05) is 45.1 Å². The van der Waals surface area contributed by atoms with Gasteiger partial charge in [-0.25, -0.2) is 4.98 Å². The molecule has 2 rings (SSSR count). The first kappa shape index (κ1) is 16.5. The minimum absolute atomic E-state index is 0.0220. The highest BCUT2D eigenvalue weighted by Crippen LogP contribution is 2.23. The van der Waals surface area contributed by atoms with Gasteiger partial charge in [-0.1, -0.05) is 0 Å². The fourth-order valence-corrected chi connectivity index (χ4v) is 4.36. The molecule has 1 aromatic rings. The van der Waals surface area contributed by atoms with E-state index in [0.29, 0.717) is 19.0 Å². The molecule has 21 heavy (non-hydrogen) atoms. The zero-order valence-corrected chi connectivity index (χ0v) is 14.2. The quantitative estimate of drug-likeness (QED) is 0.827. The van der Waals surface area contributed by atoms with E-state index in [2.05, 4.69) is 9.55 Å². The van der Waals surface area contributed by atoms with Crippen LogP contribution in [0, 0.1) is 12.8 Å². The van der Waals surface area contributed by atoms with Crippen LogP contribution in [-0.4, -0.2) is 52.8 Å². The molecule has 0 unspecified atom stereocenters. The van der Waals surface area contributed by atoms with Gasteiger partial charge in [0.05, 0.1) is 0 Å². The van der Waals surface area contributed by atoms with Gasteiger partial charge in [0.25, 0.3) is 10.2 Å². The number of rotatable bonds is 5. The topological polar surface area (TPSA) is 58.4 Å². The molecule has 2 heterocycles. The molecule has 1 aromatic heterocycles. The van der Waals surface area contributed by atoms with E-state index < -0.39 is 10.2 Å². The normalized spacial score (nSPS) is 21.3. The third-order valence-corrected chi connectivity index (χ3v) is 6.41. The van der Waals surface area contributed by atoms with Crippen molar-refractivity contribution in [2.45, 2.75) is 46.2 Å². The zero-order chi connectivity index (χ0) is 15.6. The number of aryl methyl sites for hydroxylation is 1. The van der Waals surface area contributed by atoms with Crippen molar-refractivity contribution >= 4 is 10.2 Å². The lowest BCUT2D eigenvalue weighted by molar-refractivity contribution is 0.228. The maximum Gasteiger partial charge on any atom is 0.281 e. The van der Waals surface area contributed by atoms with Crippen molar-refractivity contribution in [1.29, 1.82) is 0 Å². The first-order valence-corrected chi connectivity index (χ1v) is 8.93. The highest BCUT2D eigenvalue weighted by Gasteiger charge is 2.33. The maximum absolute atomic E-state index is 12.6. The number of nitrogens with zero attached hydrogens (tertiary/aromatic N) is 4. The summed E-state index contributed by atoms with van der Waals surface area (Å²) in [5.74, 6) is 1.33. The van der Waals surface area contributed by atoms with Crippen LogP contribution < -0.4 is 0 Å². The Balaban J connectivity index is 2.05. The predicted octanol–water partition coefficient (Wildman–Crippen LogP) is 1.49. The van der Waals surface area contributed by atoms with E-state index in [0.717, 1.165) is 25.2 Å². The molecule has 0 aromatic carbocycles. The molecular formula is C14H26N4O2S. The summed E-state index contributed by atoms with van der Waals surface area (Å²) in [4.78, 5) is 4.22. The first-order valence-electron chi connectivity index (χ1n) is 7.53. The third-order valence-electron chi connectivity index (χ3n) is 4.28. The van der Waals surface area contributed by atoms with Crippen molar-refractivity contribution in [2.75, 3.05) is 20.1 Å². The Kier molecular flexibility index (Phi) is 5.06. The molecular weight excluding hydrogens is 288 g/mol. The molecule has 120 valence electrons. The van der Waals surface area contributed by atoms with Gasteiger partial charge in [-0.3, -0.25) is 0 Å². The number of hydrogen-bond donors (Lipinski definition) is 0. The van der Waals surface area contributed by atoms with Crippen LogP contribution in [0.5, 0.6) is 0 Å². The summed E-state index contributed by atoms with van der Waals surface area (Å²) >= 11 is 0. The molecule has 1 atom stereocenters. The zero-order valence-electron chi connectivity index (χ0n) is 13.4. The largest absolute Gasteiger partial charge is 0.335 e. The number of aromatic nitrogens is 2. The van der Waals surface area contributed by atoms with E-state index in [9.17, 15) is 8.42 Å². The molecule has 0 N–H and O–H groups in total. The molecule has 1 aliphatic rings. The van der Waals surface area contributed by atoms with Crippen molar-refractivity contribution in [3.05, 3.63) is 18.2 Å². The number of hydrogen-bond acceptors (Lipinski definition) is 3. The second kappa shape index (κ2) is 6.46. The Hall–Kier alpha value is -0.920. The lowest BCUT2D eigenvalue weighted by Crippen LogP contribution is -2.49. The van der Waals surface area contributed by atoms with Crippen molar-refractivity contribution in [3.63, 3.8) is 0 Å². The lowest BCUT2D eigenvalue weighted by atomic mass is 10.00. The van der Waals surface area contributed by atoms with Crippen LogP contribution in [0.25, 0.3) is 0 Å². The average Bonchev–Trinajstić information content (AvgIpc) is 2.83. The second-order valence-electron chi connectivity index (χ2n) is 6.11. The van der Waals surface area contributed by atoms with Gasteiger partial charge in [0.2, 0.25) is 0 Å². The van der Waals surface area contributed by atoms with Crippen LogP contribution in [0.3, 0.4) is 0 Å². The van der Waals surface area contributed by atoms with E-state index in [1.54, 1.807) is 17.5 Å². The van der Waals surface area contributed by atoms with Crippen LogP contribution >= 0.6 is 0 Å². The van der Waals surface area contributed by atoms with Gasteiger partial charge in [0.1, 0.15) is 5.82 Å². The third kappa shape index (κ3) is 3.64. The molecule has 1 fully saturated rings. The summed E-state index contributed by atoms with van der Waals surface area (Å²) in [6.45, 7) is 7.82. The Morgan fingerprint density at radius 1 is 1.48 bits per heavy atom. The summed E-state index contributed by atoms with van der Waals surface area (Å²) in [5.41, 5.74) is 0. The second-order valence-corrected chi connectivity index (χ2v) is 8.10. The molecule has 0 radical (unpaired) electrons. The van der Waals surface area contributed by atoms with Crippen molar-refractivity contribution in [3.8, 4) is 0 Å². The first-order chi connectivity index (χ1) is 9.82. The van der Waals surface area contributed by atoms with Gasteiger partial charge >= 0.3 is 0 Å². The van der Waals surface area contributed by atoms with E-state index in [4.69, 9.17) is 0 Å². The monoisotopic (exact) mass is 314 g/mol. The van der Waals surface area contributed by atoms with Crippen LogP contribution in [0.1, 0.15) is 32.5 Å². The van der Waals surface area contributed by atoms with Gasteiger partial charge in [0.15, 0.2) is 0 Å². The Labute approximate surface area is 127 Å². The van der Waals surface area contributed by atoms with Gasteiger partial charge < -0.3 is 4.57 Å². The molecule has 1 saturated heterocycles. The Morgan fingerprint density at radius 3 is 2.76 bits per heavy atom. The highest BCUT2D eigenvalue weighted by atomic mass is 32.2. The molecule has 6 nitrogen and oxygen atoms in total. The SMILES string of the molecule is Cc1nccn1C[C@H]1CCCN(S(=O)(=O)N(C)C(C)C)C1. The molecule has 0 bridgehead atoms. The molecule has 1 aliphatic heterocycles. The van der Waals surface area contributed by atoms with Crippen LogP contribution in [0.15, 0.2) is 12.4 Å². The lowest BCUT2D eigenvalue weighted by Gasteiger charge is -2.35. The van der Waals surface area contributed by atoms with E-state index in [-0.39, 0.29) is 6.04 Å².